The first-order valence-corrected chi connectivity index (χ1v) is 6.86. The highest BCUT2D eigenvalue weighted by atomic mass is 16.4. The largest absolute Gasteiger partial charge is 0.481 e. The summed E-state index contributed by atoms with van der Waals surface area (Å²) in [6.45, 7) is 6.93. The summed E-state index contributed by atoms with van der Waals surface area (Å²) in [4.78, 5) is 25.0. The van der Waals surface area contributed by atoms with E-state index in [0.717, 1.165) is 6.42 Å². The van der Waals surface area contributed by atoms with E-state index in [1.54, 1.807) is 22.0 Å². The van der Waals surface area contributed by atoms with E-state index in [9.17, 15) is 9.59 Å². The molecule has 110 valence electrons. The molecule has 0 spiro atoms. The molecule has 1 unspecified atom stereocenters. The molecule has 0 radical (unpaired) electrons. The number of aliphatic carboxylic acids is 1. The van der Waals surface area contributed by atoms with Gasteiger partial charge in [0.2, 0.25) is 0 Å². The lowest BCUT2D eigenvalue weighted by atomic mass is 9.98. The molecule has 20 heavy (non-hydrogen) atoms. The Morgan fingerprint density at radius 1 is 1.40 bits per heavy atom. The maximum absolute atomic E-state index is 12.4. The lowest BCUT2D eigenvalue weighted by Crippen LogP contribution is -2.42. The predicted octanol–water partition coefficient (Wildman–Crippen LogP) is 1.57. The fourth-order valence-corrected chi connectivity index (χ4v) is 2.35. The molecule has 2 heterocycles. The highest BCUT2D eigenvalue weighted by molar-refractivity contribution is 5.94. The lowest BCUT2D eigenvalue weighted by molar-refractivity contribution is -0.143. The van der Waals surface area contributed by atoms with Crippen molar-refractivity contribution in [3.63, 3.8) is 0 Å². The number of likely N-dealkylation sites (tertiary alicyclic amines) is 1. The summed E-state index contributed by atoms with van der Waals surface area (Å²) in [5.74, 6) is -1.41. The molecule has 1 saturated heterocycles. The Morgan fingerprint density at radius 2 is 2.10 bits per heavy atom. The second-order valence-corrected chi connectivity index (χ2v) is 6.27. The van der Waals surface area contributed by atoms with Gasteiger partial charge in [0, 0.05) is 19.3 Å². The van der Waals surface area contributed by atoms with Crippen molar-refractivity contribution in [2.75, 3.05) is 13.1 Å². The summed E-state index contributed by atoms with van der Waals surface area (Å²) < 4.78 is 1.75. The molecule has 0 aliphatic carbocycles. The molecule has 0 aromatic carbocycles. The molecule has 0 bridgehead atoms. The van der Waals surface area contributed by atoms with Gasteiger partial charge in [-0.15, -0.1) is 0 Å². The summed E-state index contributed by atoms with van der Waals surface area (Å²) in [5.41, 5.74) is 0.343. The number of carbonyl (C=O) groups is 2. The number of piperidine rings is 1. The number of hydrogen-bond donors (Lipinski definition) is 1. The smallest absolute Gasteiger partial charge is 0.308 e. The minimum Gasteiger partial charge on any atom is -0.481 e. The zero-order valence-corrected chi connectivity index (χ0v) is 12.2. The number of hydrogen-bond acceptors (Lipinski definition) is 3. The van der Waals surface area contributed by atoms with Crippen LogP contribution in [0, 0.1) is 5.92 Å². The molecule has 1 aliphatic heterocycles. The molecule has 1 N–H and O–H groups in total. The molecule has 1 fully saturated rings. The van der Waals surface area contributed by atoms with Gasteiger partial charge in [-0.05, 0) is 33.6 Å². The number of carbonyl (C=O) groups excluding carboxylic acids is 1. The molecule has 1 aliphatic rings. The minimum atomic E-state index is -0.826. The topological polar surface area (TPSA) is 75.4 Å². The summed E-state index contributed by atoms with van der Waals surface area (Å²) in [6, 6.07) is 0. The third-order valence-corrected chi connectivity index (χ3v) is 3.57. The van der Waals surface area contributed by atoms with Crippen LogP contribution in [0.3, 0.4) is 0 Å². The summed E-state index contributed by atoms with van der Waals surface area (Å²) in [7, 11) is 0. The SMILES string of the molecule is CC(C)(C)n1cc(C(=O)N2CCCC(C(=O)O)C2)cn1. The molecular weight excluding hydrogens is 258 g/mol. The highest BCUT2D eigenvalue weighted by Crippen LogP contribution is 2.20. The van der Waals surface area contributed by atoms with E-state index in [-0.39, 0.29) is 18.0 Å². The zero-order valence-electron chi connectivity index (χ0n) is 12.2. The molecule has 0 saturated carbocycles. The molecule has 1 aromatic heterocycles. The van der Waals surface area contributed by atoms with Crippen molar-refractivity contribution in [2.45, 2.75) is 39.2 Å². The molecule has 1 atom stereocenters. The number of nitrogens with zero attached hydrogens (tertiary/aromatic N) is 3. The predicted molar refractivity (Wildman–Crippen MR) is 73.5 cm³/mol. The second kappa shape index (κ2) is 5.26. The van der Waals surface area contributed by atoms with Crippen LogP contribution in [0.5, 0.6) is 0 Å². The van der Waals surface area contributed by atoms with Gasteiger partial charge < -0.3 is 10.0 Å². The van der Waals surface area contributed by atoms with Gasteiger partial charge in [0.25, 0.3) is 5.91 Å². The first-order chi connectivity index (χ1) is 9.29. The number of rotatable bonds is 2. The van der Waals surface area contributed by atoms with Crippen molar-refractivity contribution >= 4 is 11.9 Å². The summed E-state index contributed by atoms with van der Waals surface area (Å²) >= 11 is 0. The average molecular weight is 279 g/mol. The minimum absolute atomic E-state index is 0.133. The summed E-state index contributed by atoms with van der Waals surface area (Å²) in [5, 5.41) is 13.3. The van der Waals surface area contributed by atoms with E-state index in [1.807, 2.05) is 20.8 Å². The van der Waals surface area contributed by atoms with Crippen molar-refractivity contribution in [3.05, 3.63) is 18.0 Å². The van der Waals surface area contributed by atoms with Crippen LogP contribution in [0.1, 0.15) is 44.0 Å². The Morgan fingerprint density at radius 3 is 2.65 bits per heavy atom. The van der Waals surface area contributed by atoms with Crippen LogP contribution in [-0.4, -0.2) is 44.8 Å². The number of aromatic nitrogens is 2. The highest BCUT2D eigenvalue weighted by Gasteiger charge is 2.29. The van der Waals surface area contributed by atoms with Crippen LogP contribution in [0.4, 0.5) is 0 Å². The van der Waals surface area contributed by atoms with Gasteiger partial charge in [-0.25, -0.2) is 0 Å². The van der Waals surface area contributed by atoms with Crippen molar-refractivity contribution in [2.24, 2.45) is 5.92 Å². The average Bonchev–Trinajstić information content (AvgIpc) is 2.87. The van der Waals surface area contributed by atoms with Gasteiger partial charge in [0.1, 0.15) is 0 Å². The fourth-order valence-electron chi connectivity index (χ4n) is 2.35. The van der Waals surface area contributed by atoms with Crippen LogP contribution in [0.25, 0.3) is 0 Å². The van der Waals surface area contributed by atoms with Crippen molar-refractivity contribution < 1.29 is 14.7 Å². The van der Waals surface area contributed by atoms with Crippen molar-refractivity contribution in [3.8, 4) is 0 Å². The number of carboxylic acids is 1. The Kier molecular flexibility index (Phi) is 3.83. The number of amides is 1. The maximum Gasteiger partial charge on any atom is 0.308 e. The molecule has 2 rings (SSSR count). The van der Waals surface area contributed by atoms with E-state index in [2.05, 4.69) is 5.10 Å². The second-order valence-electron chi connectivity index (χ2n) is 6.27. The van der Waals surface area contributed by atoms with E-state index in [4.69, 9.17) is 5.11 Å². The van der Waals surface area contributed by atoms with Gasteiger partial charge >= 0.3 is 5.97 Å². The first-order valence-electron chi connectivity index (χ1n) is 6.86. The number of carboxylic acid groups (broad SMARTS) is 1. The van der Waals surface area contributed by atoms with Crippen molar-refractivity contribution in [1.29, 1.82) is 0 Å². The standard InChI is InChI=1S/C14H21N3O3/c1-14(2,3)17-9-11(7-15-17)12(18)16-6-4-5-10(8-16)13(19)20/h7,9-10H,4-6,8H2,1-3H3,(H,19,20). The van der Waals surface area contributed by atoms with Gasteiger partial charge in [0.05, 0.1) is 23.2 Å². The zero-order chi connectivity index (χ0) is 14.9. The van der Waals surface area contributed by atoms with E-state index < -0.39 is 11.9 Å². The van der Waals surface area contributed by atoms with E-state index in [1.165, 1.54) is 0 Å². The van der Waals surface area contributed by atoms with E-state index in [0.29, 0.717) is 18.5 Å². The molecular formula is C14H21N3O3. The molecule has 1 amide bonds. The Hall–Kier alpha value is -1.85. The van der Waals surface area contributed by atoms with Crippen LogP contribution in [0.2, 0.25) is 0 Å². The fraction of sp³-hybridized carbons (Fsp3) is 0.643. The lowest BCUT2D eigenvalue weighted by Gasteiger charge is -2.30. The van der Waals surface area contributed by atoms with Crippen LogP contribution >= 0.6 is 0 Å². The molecule has 6 heteroatoms. The van der Waals surface area contributed by atoms with Gasteiger partial charge in [-0.2, -0.15) is 5.10 Å². The monoisotopic (exact) mass is 279 g/mol. The maximum atomic E-state index is 12.4. The van der Waals surface area contributed by atoms with Crippen LogP contribution < -0.4 is 0 Å². The molecule has 6 nitrogen and oxygen atoms in total. The Bertz CT molecular complexity index is 516. The summed E-state index contributed by atoms with van der Waals surface area (Å²) in [6.07, 6.45) is 4.65. The first kappa shape index (κ1) is 14.6. The van der Waals surface area contributed by atoms with Gasteiger partial charge in [-0.3, -0.25) is 14.3 Å². The Balaban J connectivity index is 2.11. The van der Waals surface area contributed by atoms with Crippen LogP contribution in [0.15, 0.2) is 12.4 Å². The van der Waals surface area contributed by atoms with Gasteiger partial charge in [-0.1, -0.05) is 0 Å². The quantitative estimate of drug-likeness (QED) is 0.891. The third kappa shape index (κ3) is 3.00. The van der Waals surface area contributed by atoms with Crippen molar-refractivity contribution in [1.82, 2.24) is 14.7 Å². The molecule has 1 aromatic rings. The normalized spacial score (nSPS) is 19.9. The Labute approximate surface area is 118 Å². The third-order valence-electron chi connectivity index (χ3n) is 3.57. The van der Waals surface area contributed by atoms with Gasteiger partial charge in [0.15, 0.2) is 0 Å². The van der Waals surface area contributed by atoms with E-state index >= 15 is 0 Å². The van der Waals surface area contributed by atoms with Crippen LogP contribution in [-0.2, 0) is 10.3 Å².